The minimum atomic E-state index is 0.429. The summed E-state index contributed by atoms with van der Waals surface area (Å²) in [5, 5.41) is 8.85. The number of benzene rings is 2. The van der Waals surface area contributed by atoms with Crippen LogP contribution in [0.1, 0.15) is 16.8 Å². The van der Waals surface area contributed by atoms with Crippen LogP contribution in [0.25, 0.3) is 23.0 Å². The normalized spacial score (nSPS) is 14.2. The highest BCUT2D eigenvalue weighted by atomic mass is 16.5. The van der Waals surface area contributed by atoms with Gasteiger partial charge < -0.3 is 14.2 Å². The Balaban J connectivity index is 1.33. The summed E-state index contributed by atoms with van der Waals surface area (Å²) in [6.45, 7) is 8.19. The molecule has 2 aromatic carbocycles. The lowest BCUT2D eigenvalue weighted by Crippen LogP contribution is -2.36. The van der Waals surface area contributed by atoms with Gasteiger partial charge in [0, 0.05) is 30.0 Å². The van der Waals surface area contributed by atoms with Crippen molar-refractivity contribution in [3.05, 3.63) is 71.4 Å². The number of anilines is 1. The molecule has 1 saturated heterocycles. The van der Waals surface area contributed by atoms with Crippen molar-refractivity contribution < 1.29 is 9.26 Å². The average Bonchev–Trinajstić information content (AvgIpc) is 3.43. The molecule has 0 atom stereocenters. The summed E-state index contributed by atoms with van der Waals surface area (Å²) in [7, 11) is 0. The van der Waals surface area contributed by atoms with Gasteiger partial charge in [-0.05, 0) is 49.7 Å². The van der Waals surface area contributed by atoms with Gasteiger partial charge in [0.2, 0.25) is 5.82 Å². The molecule has 0 bridgehead atoms. The first-order valence-electron chi connectivity index (χ1n) is 10.5. The molecular weight excluding hydrogens is 390 g/mol. The Morgan fingerprint density at radius 3 is 2.42 bits per heavy atom. The minimum Gasteiger partial charge on any atom is -0.378 e. The van der Waals surface area contributed by atoms with Crippen molar-refractivity contribution in [3.8, 4) is 23.0 Å². The molecule has 0 radical (unpaired) electrons. The van der Waals surface area contributed by atoms with Crippen LogP contribution in [0, 0.1) is 13.8 Å². The van der Waals surface area contributed by atoms with Crippen molar-refractivity contribution in [2.24, 2.45) is 0 Å². The van der Waals surface area contributed by atoms with Gasteiger partial charge in [-0.25, -0.2) is 0 Å². The number of nitrogens with zero attached hydrogens (tertiary/aromatic N) is 5. The number of hydrogen-bond acceptors (Lipinski definition) is 6. The molecule has 7 nitrogen and oxygen atoms in total. The zero-order valence-electron chi connectivity index (χ0n) is 17.8. The molecule has 4 aromatic rings. The molecule has 0 unspecified atom stereocenters. The first-order valence-corrected chi connectivity index (χ1v) is 10.5. The van der Waals surface area contributed by atoms with Crippen LogP contribution in [0.5, 0.6) is 0 Å². The monoisotopic (exact) mass is 415 g/mol. The number of rotatable bonds is 5. The Hall–Kier alpha value is -3.45. The largest absolute Gasteiger partial charge is 0.378 e. The number of ether oxygens (including phenoxy) is 1. The van der Waals surface area contributed by atoms with Crippen LogP contribution in [-0.2, 0) is 11.3 Å². The van der Waals surface area contributed by atoms with Crippen LogP contribution in [0.15, 0.2) is 59.1 Å². The van der Waals surface area contributed by atoms with Gasteiger partial charge in [0.15, 0.2) is 5.69 Å². The lowest BCUT2D eigenvalue weighted by Gasteiger charge is -2.28. The van der Waals surface area contributed by atoms with E-state index < -0.39 is 0 Å². The summed E-state index contributed by atoms with van der Waals surface area (Å²) in [5.41, 5.74) is 6.29. The fourth-order valence-corrected chi connectivity index (χ4v) is 3.73. The first kappa shape index (κ1) is 19.5. The van der Waals surface area contributed by atoms with Crippen LogP contribution in [0.4, 0.5) is 5.69 Å². The van der Waals surface area contributed by atoms with E-state index in [2.05, 4.69) is 63.5 Å². The van der Waals surface area contributed by atoms with Crippen LogP contribution in [0.2, 0.25) is 0 Å². The third kappa shape index (κ3) is 4.22. The SMILES string of the molecule is Cc1ccc(Cn2nc(-c3nc(-c4ccc(N5CCOCC5)cc4)no3)cc2C)cc1. The summed E-state index contributed by atoms with van der Waals surface area (Å²) in [6.07, 6.45) is 0. The number of aromatic nitrogens is 4. The van der Waals surface area contributed by atoms with Crippen molar-refractivity contribution in [1.82, 2.24) is 19.9 Å². The number of morpholine rings is 1. The predicted octanol–water partition coefficient (Wildman–Crippen LogP) is 4.10. The Morgan fingerprint density at radius 1 is 0.935 bits per heavy atom. The number of aryl methyl sites for hydroxylation is 2. The molecule has 7 heteroatoms. The van der Waals surface area contributed by atoms with E-state index in [9.17, 15) is 0 Å². The van der Waals surface area contributed by atoms with E-state index in [1.807, 2.05) is 29.8 Å². The molecule has 5 rings (SSSR count). The summed E-state index contributed by atoms with van der Waals surface area (Å²) < 4.78 is 12.9. The second-order valence-electron chi connectivity index (χ2n) is 7.88. The highest BCUT2D eigenvalue weighted by Gasteiger charge is 2.16. The van der Waals surface area contributed by atoms with E-state index in [1.54, 1.807) is 0 Å². The van der Waals surface area contributed by atoms with Crippen LogP contribution < -0.4 is 4.90 Å². The Kier molecular flexibility index (Phi) is 5.26. The highest BCUT2D eigenvalue weighted by Crippen LogP contribution is 2.25. The minimum absolute atomic E-state index is 0.429. The van der Waals surface area contributed by atoms with E-state index in [4.69, 9.17) is 9.26 Å². The van der Waals surface area contributed by atoms with E-state index in [1.165, 1.54) is 16.8 Å². The summed E-state index contributed by atoms with van der Waals surface area (Å²) in [4.78, 5) is 6.90. The zero-order valence-corrected chi connectivity index (χ0v) is 17.8. The van der Waals surface area contributed by atoms with Gasteiger partial charge in [-0.3, -0.25) is 4.68 Å². The van der Waals surface area contributed by atoms with Gasteiger partial charge >= 0.3 is 0 Å². The molecule has 158 valence electrons. The lowest BCUT2D eigenvalue weighted by molar-refractivity contribution is 0.122. The molecule has 1 fully saturated rings. The third-order valence-electron chi connectivity index (χ3n) is 5.58. The maximum atomic E-state index is 5.52. The molecule has 1 aliphatic heterocycles. The molecule has 0 spiro atoms. The molecule has 2 aromatic heterocycles. The van der Waals surface area contributed by atoms with Gasteiger partial charge in [0.25, 0.3) is 5.89 Å². The number of hydrogen-bond donors (Lipinski definition) is 0. The molecule has 3 heterocycles. The second kappa shape index (κ2) is 8.35. The summed E-state index contributed by atoms with van der Waals surface area (Å²) in [6, 6.07) is 18.7. The summed E-state index contributed by atoms with van der Waals surface area (Å²) in [5.74, 6) is 0.993. The lowest BCUT2D eigenvalue weighted by atomic mass is 10.1. The topological polar surface area (TPSA) is 69.2 Å². The third-order valence-corrected chi connectivity index (χ3v) is 5.58. The smallest absolute Gasteiger partial charge is 0.278 e. The fraction of sp³-hybridized carbons (Fsp3) is 0.292. The average molecular weight is 415 g/mol. The van der Waals surface area contributed by atoms with Gasteiger partial charge in [0.1, 0.15) is 0 Å². The molecule has 31 heavy (non-hydrogen) atoms. The van der Waals surface area contributed by atoms with Crippen molar-refractivity contribution in [3.63, 3.8) is 0 Å². The van der Waals surface area contributed by atoms with Crippen molar-refractivity contribution in [2.45, 2.75) is 20.4 Å². The van der Waals surface area contributed by atoms with Crippen LogP contribution in [-0.4, -0.2) is 46.2 Å². The van der Waals surface area contributed by atoms with Crippen molar-refractivity contribution >= 4 is 5.69 Å². The van der Waals surface area contributed by atoms with Crippen molar-refractivity contribution in [1.29, 1.82) is 0 Å². The second-order valence-corrected chi connectivity index (χ2v) is 7.88. The van der Waals surface area contributed by atoms with E-state index >= 15 is 0 Å². The van der Waals surface area contributed by atoms with Crippen LogP contribution >= 0.6 is 0 Å². The molecule has 0 saturated carbocycles. The Bertz CT molecular complexity index is 1160. The molecule has 0 N–H and O–H groups in total. The highest BCUT2D eigenvalue weighted by molar-refractivity contribution is 5.62. The maximum absolute atomic E-state index is 5.52. The van der Waals surface area contributed by atoms with Gasteiger partial charge in [-0.2, -0.15) is 10.1 Å². The first-order chi connectivity index (χ1) is 15.2. The zero-order chi connectivity index (χ0) is 21.2. The summed E-state index contributed by atoms with van der Waals surface area (Å²) >= 11 is 0. The van der Waals surface area contributed by atoms with Crippen molar-refractivity contribution in [2.75, 3.05) is 31.2 Å². The molecular formula is C24H25N5O2. The van der Waals surface area contributed by atoms with Gasteiger partial charge in [-0.15, -0.1) is 0 Å². The van der Waals surface area contributed by atoms with Gasteiger partial charge in [-0.1, -0.05) is 35.0 Å². The molecule has 0 aliphatic carbocycles. The molecule has 1 aliphatic rings. The predicted molar refractivity (Wildman–Crippen MR) is 119 cm³/mol. The molecule has 0 amide bonds. The standard InChI is InChI=1S/C24H25N5O2/c1-17-3-5-19(6-4-17)16-29-18(2)15-22(26-29)24-25-23(27-31-24)20-7-9-21(10-8-20)28-11-13-30-14-12-28/h3-10,15H,11-14,16H2,1-2H3. The van der Waals surface area contributed by atoms with Gasteiger partial charge in [0.05, 0.1) is 19.8 Å². The van der Waals surface area contributed by atoms with E-state index in [-0.39, 0.29) is 0 Å². The Morgan fingerprint density at radius 2 is 1.68 bits per heavy atom. The van der Waals surface area contributed by atoms with E-state index in [0.29, 0.717) is 24.0 Å². The van der Waals surface area contributed by atoms with Crippen LogP contribution in [0.3, 0.4) is 0 Å². The fourth-order valence-electron chi connectivity index (χ4n) is 3.73. The Labute approximate surface area is 181 Å². The quantitative estimate of drug-likeness (QED) is 0.489. The maximum Gasteiger partial charge on any atom is 0.278 e. The van der Waals surface area contributed by atoms with E-state index in [0.717, 1.165) is 37.6 Å².